The Morgan fingerprint density at radius 1 is 1.26 bits per heavy atom. The minimum absolute atomic E-state index is 0.0459. The maximum atomic E-state index is 14.0. The van der Waals surface area contributed by atoms with Gasteiger partial charge in [0.25, 0.3) is 5.91 Å². The van der Waals surface area contributed by atoms with Crippen molar-refractivity contribution in [2.45, 2.75) is 25.8 Å². The third-order valence-corrected chi connectivity index (χ3v) is 5.01. The second kappa shape index (κ2) is 6.98. The molecule has 27 heavy (non-hydrogen) atoms. The standard InChI is InChI=1S/C20H19F2N3O2/c1-12-15(5-9-27-12)20(26)24-14-3-7-25(8-4-14)18-2-6-23-19-16(18)10-13(21)11-17(19)22/h2,5-6,9-11,14H,3-4,7-8H2,1H3,(H,24,26). The molecular formula is C20H19F2N3O2. The van der Waals surface area contributed by atoms with Crippen molar-refractivity contribution < 1.29 is 18.0 Å². The summed E-state index contributed by atoms with van der Waals surface area (Å²) in [7, 11) is 0. The molecule has 1 amide bonds. The van der Waals surface area contributed by atoms with E-state index in [1.54, 1.807) is 19.1 Å². The highest BCUT2D eigenvalue weighted by molar-refractivity contribution is 5.95. The molecule has 0 spiro atoms. The maximum Gasteiger partial charge on any atom is 0.255 e. The van der Waals surface area contributed by atoms with Crippen LogP contribution >= 0.6 is 0 Å². The second-order valence-electron chi connectivity index (χ2n) is 6.74. The molecule has 1 saturated heterocycles. The molecule has 0 aliphatic carbocycles. The number of aryl methyl sites for hydroxylation is 1. The number of aromatic nitrogens is 1. The molecular weight excluding hydrogens is 352 g/mol. The summed E-state index contributed by atoms with van der Waals surface area (Å²) in [5.41, 5.74) is 1.47. The lowest BCUT2D eigenvalue weighted by Gasteiger charge is -2.34. The van der Waals surface area contributed by atoms with E-state index in [4.69, 9.17) is 4.42 Å². The minimum atomic E-state index is -0.663. The number of nitrogens with zero attached hydrogens (tertiary/aromatic N) is 2. The molecule has 0 saturated carbocycles. The zero-order valence-electron chi connectivity index (χ0n) is 14.8. The lowest BCUT2D eigenvalue weighted by Crippen LogP contribution is -2.44. The summed E-state index contributed by atoms with van der Waals surface area (Å²) in [4.78, 5) is 18.4. The van der Waals surface area contributed by atoms with Crippen LogP contribution in [0.15, 0.2) is 41.1 Å². The van der Waals surface area contributed by atoms with Gasteiger partial charge in [0.2, 0.25) is 0 Å². The van der Waals surface area contributed by atoms with E-state index >= 15 is 0 Å². The van der Waals surface area contributed by atoms with Gasteiger partial charge in [-0.05, 0) is 38.0 Å². The Morgan fingerprint density at radius 3 is 2.74 bits per heavy atom. The number of piperidine rings is 1. The molecule has 1 aromatic carbocycles. The van der Waals surface area contributed by atoms with E-state index in [-0.39, 0.29) is 17.5 Å². The first-order valence-corrected chi connectivity index (χ1v) is 8.86. The Bertz CT molecular complexity index is 994. The molecule has 5 nitrogen and oxygen atoms in total. The Labute approximate surface area is 155 Å². The van der Waals surface area contributed by atoms with E-state index in [0.717, 1.165) is 24.6 Å². The summed E-state index contributed by atoms with van der Waals surface area (Å²) in [6, 6.07) is 5.64. The van der Waals surface area contributed by atoms with E-state index in [9.17, 15) is 13.6 Å². The van der Waals surface area contributed by atoms with E-state index in [1.807, 2.05) is 0 Å². The molecule has 1 fully saturated rings. The summed E-state index contributed by atoms with van der Waals surface area (Å²) >= 11 is 0. The number of carbonyl (C=O) groups excluding carboxylic acids is 1. The van der Waals surface area contributed by atoms with Gasteiger partial charge in [0.15, 0.2) is 5.82 Å². The number of carbonyl (C=O) groups is 1. The zero-order valence-corrected chi connectivity index (χ0v) is 14.8. The fourth-order valence-corrected chi connectivity index (χ4v) is 3.59. The first-order valence-electron chi connectivity index (χ1n) is 8.86. The van der Waals surface area contributed by atoms with Gasteiger partial charge in [-0.25, -0.2) is 8.78 Å². The first kappa shape index (κ1) is 17.5. The Kier molecular flexibility index (Phi) is 4.51. The number of nitrogens with one attached hydrogen (secondary N) is 1. The van der Waals surface area contributed by atoms with Crippen LogP contribution in [0.25, 0.3) is 10.9 Å². The summed E-state index contributed by atoms with van der Waals surface area (Å²) in [5, 5.41) is 3.50. The minimum Gasteiger partial charge on any atom is -0.469 e. The van der Waals surface area contributed by atoms with Crippen molar-refractivity contribution in [1.82, 2.24) is 10.3 Å². The van der Waals surface area contributed by atoms with Crippen LogP contribution in [0.1, 0.15) is 29.0 Å². The average molecular weight is 371 g/mol. The molecule has 0 atom stereocenters. The molecule has 2 aromatic heterocycles. The molecule has 4 rings (SSSR count). The van der Waals surface area contributed by atoms with Gasteiger partial charge in [0.05, 0.1) is 11.8 Å². The molecule has 7 heteroatoms. The fraction of sp³-hybridized carbons (Fsp3) is 0.300. The van der Waals surface area contributed by atoms with Crippen LogP contribution in [-0.4, -0.2) is 30.0 Å². The summed E-state index contributed by atoms with van der Waals surface area (Å²) in [6.45, 7) is 3.10. The van der Waals surface area contributed by atoms with E-state index in [2.05, 4.69) is 15.2 Å². The normalized spacial score (nSPS) is 15.3. The monoisotopic (exact) mass is 371 g/mol. The number of fused-ring (bicyclic) bond motifs is 1. The lowest BCUT2D eigenvalue weighted by atomic mass is 10.0. The molecule has 1 N–H and O–H groups in total. The number of hydrogen-bond donors (Lipinski definition) is 1. The van der Waals surface area contributed by atoms with Gasteiger partial charge in [-0.1, -0.05) is 0 Å². The fourth-order valence-electron chi connectivity index (χ4n) is 3.59. The highest BCUT2D eigenvalue weighted by Crippen LogP contribution is 2.30. The van der Waals surface area contributed by atoms with Crippen LogP contribution < -0.4 is 10.2 Å². The van der Waals surface area contributed by atoms with Gasteiger partial charge in [-0.3, -0.25) is 9.78 Å². The number of pyridine rings is 1. The molecule has 0 bridgehead atoms. The number of hydrogen-bond acceptors (Lipinski definition) is 4. The molecule has 0 radical (unpaired) electrons. The van der Waals surface area contributed by atoms with Gasteiger partial charge < -0.3 is 14.6 Å². The number of amides is 1. The number of halogens is 2. The summed E-state index contributed by atoms with van der Waals surface area (Å²) in [6.07, 6.45) is 4.52. The van der Waals surface area contributed by atoms with E-state index < -0.39 is 11.6 Å². The molecule has 1 aliphatic heterocycles. The Balaban J connectivity index is 1.48. The van der Waals surface area contributed by atoms with Crippen LogP contribution in [0, 0.1) is 18.6 Å². The third-order valence-electron chi connectivity index (χ3n) is 5.01. The highest BCUT2D eigenvalue weighted by Gasteiger charge is 2.24. The topological polar surface area (TPSA) is 58.4 Å². The smallest absolute Gasteiger partial charge is 0.255 e. The van der Waals surface area contributed by atoms with E-state index in [1.165, 1.54) is 18.5 Å². The SMILES string of the molecule is Cc1occc1C(=O)NC1CCN(c2ccnc3c(F)cc(F)cc23)CC1. The number of benzene rings is 1. The van der Waals surface area contributed by atoms with Crippen LogP contribution in [0.4, 0.5) is 14.5 Å². The largest absolute Gasteiger partial charge is 0.469 e. The molecule has 140 valence electrons. The average Bonchev–Trinajstić information content (AvgIpc) is 3.08. The number of furan rings is 1. The van der Waals surface area contributed by atoms with Crippen molar-refractivity contribution in [2.24, 2.45) is 0 Å². The third kappa shape index (κ3) is 3.37. The maximum absolute atomic E-state index is 14.0. The van der Waals surface area contributed by atoms with Gasteiger partial charge in [-0.15, -0.1) is 0 Å². The van der Waals surface area contributed by atoms with Crippen molar-refractivity contribution >= 4 is 22.5 Å². The molecule has 1 aliphatic rings. The van der Waals surface area contributed by atoms with Crippen molar-refractivity contribution in [3.8, 4) is 0 Å². The Morgan fingerprint density at radius 2 is 2.04 bits per heavy atom. The van der Waals surface area contributed by atoms with Crippen LogP contribution in [0.2, 0.25) is 0 Å². The molecule has 0 unspecified atom stereocenters. The quantitative estimate of drug-likeness (QED) is 0.761. The predicted molar refractivity (Wildman–Crippen MR) is 97.8 cm³/mol. The first-order chi connectivity index (χ1) is 13.0. The number of anilines is 1. The lowest BCUT2D eigenvalue weighted by molar-refractivity contribution is 0.0929. The van der Waals surface area contributed by atoms with Gasteiger partial charge in [-0.2, -0.15) is 0 Å². The molecule has 3 aromatic rings. The second-order valence-corrected chi connectivity index (χ2v) is 6.74. The van der Waals surface area contributed by atoms with Crippen LogP contribution in [0.3, 0.4) is 0 Å². The van der Waals surface area contributed by atoms with Gasteiger partial charge in [0, 0.05) is 42.5 Å². The van der Waals surface area contributed by atoms with Gasteiger partial charge >= 0.3 is 0 Å². The Hall–Kier alpha value is -2.96. The highest BCUT2D eigenvalue weighted by atomic mass is 19.1. The van der Waals surface area contributed by atoms with Crippen molar-refractivity contribution in [1.29, 1.82) is 0 Å². The van der Waals surface area contributed by atoms with Gasteiger partial charge in [0.1, 0.15) is 17.1 Å². The van der Waals surface area contributed by atoms with Crippen LogP contribution in [-0.2, 0) is 0 Å². The predicted octanol–water partition coefficient (Wildman–Crippen LogP) is 3.81. The molecule has 3 heterocycles. The van der Waals surface area contributed by atoms with Crippen molar-refractivity contribution in [3.05, 3.63) is 59.7 Å². The summed E-state index contributed by atoms with van der Waals surface area (Å²) in [5.74, 6) is -0.827. The van der Waals surface area contributed by atoms with Crippen molar-refractivity contribution in [3.63, 3.8) is 0 Å². The van der Waals surface area contributed by atoms with E-state index in [0.29, 0.717) is 29.8 Å². The van der Waals surface area contributed by atoms with Crippen molar-refractivity contribution in [2.75, 3.05) is 18.0 Å². The number of rotatable bonds is 3. The van der Waals surface area contributed by atoms with Crippen LogP contribution in [0.5, 0.6) is 0 Å². The zero-order chi connectivity index (χ0) is 19.0. The summed E-state index contributed by atoms with van der Waals surface area (Å²) < 4.78 is 32.8.